The van der Waals surface area contributed by atoms with E-state index in [2.05, 4.69) is 28.9 Å². The predicted molar refractivity (Wildman–Crippen MR) is 78.1 cm³/mol. The number of carbonyl (C=O) groups excluding carboxylic acids is 1. The van der Waals surface area contributed by atoms with E-state index in [4.69, 9.17) is 0 Å². The molecule has 3 heteroatoms. The number of carbonyl (C=O) groups is 1. The zero-order valence-electron chi connectivity index (χ0n) is 11.2. The normalized spacial score (nSPS) is 27.5. The number of amides is 1. The Morgan fingerprint density at radius 2 is 2.21 bits per heavy atom. The molecule has 0 heterocycles. The molecular formula is C16H20N2O. The van der Waals surface area contributed by atoms with Crippen LogP contribution in [0.1, 0.15) is 26.2 Å². The molecule has 0 spiro atoms. The lowest BCUT2D eigenvalue weighted by atomic mass is 9.71. The van der Waals surface area contributed by atoms with Crippen molar-refractivity contribution >= 4 is 17.3 Å². The van der Waals surface area contributed by atoms with Gasteiger partial charge in [-0.05, 0) is 37.0 Å². The van der Waals surface area contributed by atoms with Crippen LogP contribution in [0.4, 0.5) is 11.4 Å². The van der Waals surface area contributed by atoms with E-state index in [0.29, 0.717) is 18.4 Å². The number of benzene rings is 1. The standard InChI is InChI=1S/C16H20N2O/c1-2-16(19)18-13-7-4-6-12(10-13)17-15-9-11-5-3-8-14(11)15/h3-4,6-8,10-11,14-15,17H,2,5,9H2,1H3,(H,18,19). The third kappa shape index (κ3) is 2.50. The van der Waals surface area contributed by atoms with Crippen LogP contribution in [-0.2, 0) is 4.79 Å². The summed E-state index contributed by atoms with van der Waals surface area (Å²) in [6.07, 6.45) is 7.65. The maximum Gasteiger partial charge on any atom is 0.224 e. The van der Waals surface area contributed by atoms with E-state index >= 15 is 0 Å². The van der Waals surface area contributed by atoms with Gasteiger partial charge in [0.1, 0.15) is 0 Å². The van der Waals surface area contributed by atoms with E-state index in [-0.39, 0.29) is 5.91 Å². The summed E-state index contributed by atoms with van der Waals surface area (Å²) in [6.45, 7) is 1.86. The van der Waals surface area contributed by atoms with Crippen molar-refractivity contribution in [3.8, 4) is 0 Å². The third-order valence-corrected chi connectivity index (χ3v) is 4.18. The Balaban J connectivity index is 1.63. The molecule has 3 unspecified atom stereocenters. The highest BCUT2D eigenvalue weighted by molar-refractivity contribution is 5.90. The molecule has 1 fully saturated rings. The summed E-state index contributed by atoms with van der Waals surface area (Å²) in [5.41, 5.74) is 1.97. The Hall–Kier alpha value is -1.77. The molecular weight excluding hydrogens is 236 g/mol. The molecule has 2 N–H and O–H groups in total. The predicted octanol–water partition coefficient (Wildman–Crippen LogP) is 3.41. The van der Waals surface area contributed by atoms with Crippen molar-refractivity contribution in [1.82, 2.24) is 0 Å². The van der Waals surface area contributed by atoms with Gasteiger partial charge in [0.05, 0.1) is 0 Å². The Morgan fingerprint density at radius 1 is 1.37 bits per heavy atom. The number of hydrogen-bond acceptors (Lipinski definition) is 2. The molecule has 0 bridgehead atoms. The maximum atomic E-state index is 11.4. The summed E-state index contributed by atoms with van der Waals surface area (Å²) >= 11 is 0. The molecule has 0 aliphatic heterocycles. The second-order valence-electron chi connectivity index (χ2n) is 5.47. The summed E-state index contributed by atoms with van der Waals surface area (Å²) in [6, 6.07) is 8.54. The van der Waals surface area contributed by atoms with E-state index in [1.54, 1.807) is 0 Å². The fourth-order valence-corrected chi connectivity index (χ4v) is 3.03. The van der Waals surface area contributed by atoms with Crippen LogP contribution in [0.15, 0.2) is 36.4 Å². The van der Waals surface area contributed by atoms with Crippen LogP contribution in [0.5, 0.6) is 0 Å². The van der Waals surface area contributed by atoms with Gasteiger partial charge in [0.15, 0.2) is 0 Å². The maximum absolute atomic E-state index is 11.4. The molecule has 1 amide bonds. The zero-order valence-corrected chi connectivity index (χ0v) is 11.2. The van der Waals surface area contributed by atoms with E-state index in [9.17, 15) is 4.79 Å². The van der Waals surface area contributed by atoms with Crippen molar-refractivity contribution in [3.63, 3.8) is 0 Å². The van der Waals surface area contributed by atoms with Crippen molar-refractivity contribution in [3.05, 3.63) is 36.4 Å². The highest BCUT2D eigenvalue weighted by atomic mass is 16.1. The van der Waals surface area contributed by atoms with Gasteiger partial charge in [0, 0.05) is 29.8 Å². The first kappa shape index (κ1) is 12.3. The second-order valence-corrected chi connectivity index (χ2v) is 5.47. The second kappa shape index (κ2) is 5.08. The van der Waals surface area contributed by atoms with Crippen LogP contribution >= 0.6 is 0 Å². The number of hydrogen-bond donors (Lipinski definition) is 2. The Kier molecular flexibility index (Phi) is 3.28. The topological polar surface area (TPSA) is 41.1 Å². The summed E-state index contributed by atoms with van der Waals surface area (Å²) < 4.78 is 0. The van der Waals surface area contributed by atoms with Crippen molar-refractivity contribution < 1.29 is 4.79 Å². The largest absolute Gasteiger partial charge is 0.382 e. The molecule has 0 radical (unpaired) electrons. The third-order valence-electron chi connectivity index (χ3n) is 4.18. The van der Waals surface area contributed by atoms with E-state index in [1.807, 2.05) is 25.1 Å². The minimum Gasteiger partial charge on any atom is -0.382 e. The van der Waals surface area contributed by atoms with Crippen molar-refractivity contribution in [2.24, 2.45) is 11.8 Å². The van der Waals surface area contributed by atoms with E-state index < -0.39 is 0 Å². The van der Waals surface area contributed by atoms with Crippen molar-refractivity contribution in [2.45, 2.75) is 32.2 Å². The van der Waals surface area contributed by atoms with Gasteiger partial charge < -0.3 is 10.6 Å². The molecule has 1 aromatic rings. The smallest absolute Gasteiger partial charge is 0.224 e. The van der Waals surface area contributed by atoms with Crippen LogP contribution in [0.25, 0.3) is 0 Å². The molecule has 3 atom stereocenters. The lowest BCUT2D eigenvalue weighted by Gasteiger charge is -2.41. The monoisotopic (exact) mass is 256 g/mol. The van der Waals surface area contributed by atoms with Crippen LogP contribution in [0, 0.1) is 11.8 Å². The van der Waals surface area contributed by atoms with Gasteiger partial charge >= 0.3 is 0 Å². The fraction of sp³-hybridized carbons (Fsp3) is 0.438. The van der Waals surface area contributed by atoms with Crippen molar-refractivity contribution in [1.29, 1.82) is 0 Å². The fourth-order valence-electron chi connectivity index (χ4n) is 3.03. The van der Waals surface area contributed by atoms with Crippen LogP contribution < -0.4 is 10.6 Å². The summed E-state index contributed by atoms with van der Waals surface area (Å²) in [4.78, 5) is 11.4. The summed E-state index contributed by atoms with van der Waals surface area (Å²) in [7, 11) is 0. The lowest BCUT2D eigenvalue weighted by Crippen LogP contribution is -2.43. The number of fused-ring (bicyclic) bond motifs is 1. The molecule has 1 saturated carbocycles. The molecule has 3 nitrogen and oxygen atoms in total. The molecule has 19 heavy (non-hydrogen) atoms. The minimum absolute atomic E-state index is 0.0552. The average Bonchev–Trinajstić information content (AvgIpc) is 2.78. The van der Waals surface area contributed by atoms with Gasteiger partial charge in [-0.2, -0.15) is 0 Å². The Morgan fingerprint density at radius 3 is 3.00 bits per heavy atom. The van der Waals surface area contributed by atoms with Gasteiger partial charge in [-0.15, -0.1) is 0 Å². The van der Waals surface area contributed by atoms with Gasteiger partial charge in [0.2, 0.25) is 5.91 Å². The SMILES string of the molecule is CCC(=O)Nc1cccc(NC2CC3CC=CC32)c1. The molecule has 100 valence electrons. The van der Waals surface area contributed by atoms with Crippen molar-refractivity contribution in [2.75, 3.05) is 10.6 Å². The highest BCUT2D eigenvalue weighted by Crippen LogP contribution is 2.44. The summed E-state index contributed by atoms with van der Waals surface area (Å²) in [5, 5.41) is 6.47. The Labute approximate surface area is 114 Å². The highest BCUT2D eigenvalue weighted by Gasteiger charge is 2.40. The van der Waals surface area contributed by atoms with E-state index in [0.717, 1.165) is 17.3 Å². The molecule has 3 rings (SSSR count). The quantitative estimate of drug-likeness (QED) is 0.810. The number of anilines is 2. The molecule has 1 aromatic carbocycles. The molecule has 0 aromatic heterocycles. The first-order valence-corrected chi connectivity index (χ1v) is 7.09. The number of rotatable bonds is 4. The first-order valence-electron chi connectivity index (χ1n) is 7.09. The van der Waals surface area contributed by atoms with Crippen LogP contribution in [0.2, 0.25) is 0 Å². The van der Waals surface area contributed by atoms with Crippen LogP contribution in [-0.4, -0.2) is 11.9 Å². The first-order chi connectivity index (χ1) is 9.26. The van der Waals surface area contributed by atoms with Gasteiger partial charge in [0.25, 0.3) is 0 Å². The molecule has 2 aliphatic carbocycles. The zero-order chi connectivity index (χ0) is 13.2. The average molecular weight is 256 g/mol. The minimum atomic E-state index is 0.0552. The molecule has 0 saturated heterocycles. The number of nitrogens with one attached hydrogen (secondary N) is 2. The number of allylic oxidation sites excluding steroid dienone is 1. The van der Waals surface area contributed by atoms with Crippen LogP contribution in [0.3, 0.4) is 0 Å². The van der Waals surface area contributed by atoms with Gasteiger partial charge in [-0.1, -0.05) is 25.1 Å². The van der Waals surface area contributed by atoms with Gasteiger partial charge in [-0.25, -0.2) is 0 Å². The van der Waals surface area contributed by atoms with Gasteiger partial charge in [-0.3, -0.25) is 4.79 Å². The Bertz CT molecular complexity index is 509. The lowest BCUT2D eigenvalue weighted by molar-refractivity contribution is -0.115. The summed E-state index contributed by atoms with van der Waals surface area (Å²) in [5.74, 6) is 1.62. The molecule has 2 aliphatic rings. The van der Waals surface area contributed by atoms with E-state index in [1.165, 1.54) is 12.8 Å².